The van der Waals surface area contributed by atoms with Gasteiger partial charge in [0.25, 0.3) is 5.91 Å². The third kappa shape index (κ3) is 6.02. The highest BCUT2D eigenvalue weighted by Gasteiger charge is 2.28. The van der Waals surface area contributed by atoms with E-state index in [2.05, 4.69) is 5.32 Å². The van der Waals surface area contributed by atoms with Crippen molar-refractivity contribution in [1.29, 1.82) is 0 Å². The number of hydrogen-bond donors (Lipinski definition) is 1. The molecular formula is C28H27ClF2N2O4. The van der Waals surface area contributed by atoms with E-state index in [4.69, 9.17) is 21.1 Å². The zero-order valence-corrected chi connectivity index (χ0v) is 21.3. The van der Waals surface area contributed by atoms with Crippen molar-refractivity contribution in [3.05, 3.63) is 87.9 Å². The van der Waals surface area contributed by atoms with Crippen LogP contribution in [0.15, 0.2) is 54.6 Å². The number of nitrogens with zero attached hydrogens (tertiary/aromatic N) is 1. The number of benzene rings is 3. The van der Waals surface area contributed by atoms with E-state index in [1.165, 1.54) is 38.5 Å². The van der Waals surface area contributed by atoms with Crippen molar-refractivity contribution in [1.82, 2.24) is 4.90 Å². The molecular weight excluding hydrogens is 502 g/mol. The number of anilines is 1. The highest BCUT2D eigenvalue weighted by atomic mass is 35.5. The summed E-state index contributed by atoms with van der Waals surface area (Å²) >= 11 is 6.01. The molecule has 1 heterocycles. The Morgan fingerprint density at radius 3 is 2.35 bits per heavy atom. The van der Waals surface area contributed by atoms with Gasteiger partial charge in [0.2, 0.25) is 5.91 Å². The summed E-state index contributed by atoms with van der Waals surface area (Å²) in [4.78, 5) is 27.0. The van der Waals surface area contributed by atoms with Crippen molar-refractivity contribution < 1.29 is 27.8 Å². The predicted octanol–water partition coefficient (Wildman–Crippen LogP) is 5.84. The molecule has 6 nitrogen and oxygen atoms in total. The van der Waals surface area contributed by atoms with E-state index in [0.717, 1.165) is 5.56 Å². The fraction of sp³-hybridized carbons (Fsp3) is 0.286. The van der Waals surface area contributed by atoms with Gasteiger partial charge in [-0.15, -0.1) is 0 Å². The number of nitrogens with one attached hydrogen (secondary N) is 1. The Labute approximate surface area is 219 Å². The number of piperidine rings is 1. The van der Waals surface area contributed by atoms with E-state index in [1.807, 2.05) is 12.1 Å². The number of amides is 2. The van der Waals surface area contributed by atoms with Crippen LogP contribution in [0.4, 0.5) is 14.5 Å². The van der Waals surface area contributed by atoms with Crippen LogP contribution in [-0.4, -0.2) is 44.0 Å². The number of likely N-dealkylation sites (tertiary alicyclic amines) is 1. The minimum Gasteiger partial charge on any atom is -0.497 e. The molecule has 1 aliphatic rings. The third-order valence-electron chi connectivity index (χ3n) is 6.55. The SMILES string of the molecule is COc1cc(OC)c(F)c(C(=O)N2CCC(c3ccc(NC(=O)Cc4c(F)cccc4Cl)cc3)CC2)c1. The van der Waals surface area contributed by atoms with Crippen molar-refractivity contribution in [2.24, 2.45) is 0 Å². The highest BCUT2D eigenvalue weighted by Crippen LogP contribution is 2.32. The van der Waals surface area contributed by atoms with Crippen LogP contribution < -0.4 is 14.8 Å². The van der Waals surface area contributed by atoms with E-state index < -0.39 is 17.5 Å². The minimum absolute atomic E-state index is 0.0400. The van der Waals surface area contributed by atoms with Crippen LogP contribution in [0.25, 0.3) is 0 Å². The topological polar surface area (TPSA) is 67.9 Å². The molecule has 3 aromatic rings. The Morgan fingerprint density at radius 1 is 1.03 bits per heavy atom. The fourth-order valence-corrected chi connectivity index (χ4v) is 4.72. The Morgan fingerprint density at radius 2 is 1.73 bits per heavy atom. The van der Waals surface area contributed by atoms with E-state index in [9.17, 15) is 18.4 Å². The molecule has 0 atom stereocenters. The molecule has 9 heteroatoms. The summed E-state index contributed by atoms with van der Waals surface area (Å²) in [6.07, 6.45) is 1.26. The third-order valence-corrected chi connectivity index (χ3v) is 6.90. The fourth-order valence-electron chi connectivity index (χ4n) is 4.49. The Kier molecular flexibility index (Phi) is 8.28. The zero-order chi connectivity index (χ0) is 26.5. The van der Waals surface area contributed by atoms with Crippen molar-refractivity contribution >= 4 is 29.1 Å². The molecule has 0 spiro atoms. The van der Waals surface area contributed by atoms with Crippen molar-refractivity contribution in [3.63, 3.8) is 0 Å². The number of rotatable bonds is 7. The normalized spacial score (nSPS) is 13.8. The average Bonchev–Trinajstić information content (AvgIpc) is 2.91. The maximum absolute atomic E-state index is 14.7. The summed E-state index contributed by atoms with van der Waals surface area (Å²) in [6, 6.07) is 14.6. The van der Waals surface area contributed by atoms with Gasteiger partial charge in [0, 0.05) is 35.4 Å². The van der Waals surface area contributed by atoms with E-state index in [-0.39, 0.29) is 40.1 Å². The van der Waals surface area contributed by atoms with Crippen molar-refractivity contribution in [3.8, 4) is 11.5 Å². The smallest absolute Gasteiger partial charge is 0.257 e. The molecule has 4 rings (SSSR count). The molecule has 1 N–H and O–H groups in total. The number of halogens is 3. The lowest BCUT2D eigenvalue weighted by atomic mass is 9.89. The Bertz CT molecular complexity index is 1270. The average molecular weight is 529 g/mol. The molecule has 3 aromatic carbocycles. The van der Waals surface area contributed by atoms with Gasteiger partial charge in [-0.3, -0.25) is 9.59 Å². The first kappa shape index (κ1) is 26.4. The first-order valence-electron chi connectivity index (χ1n) is 11.8. The molecule has 0 saturated carbocycles. The summed E-state index contributed by atoms with van der Waals surface area (Å²) in [7, 11) is 2.79. The maximum Gasteiger partial charge on any atom is 0.257 e. The molecule has 1 aliphatic heterocycles. The van der Waals surface area contributed by atoms with Crippen molar-refractivity contribution in [2.45, 2.75) is 25.2 Å². The number of hydrogen-bond acceptors (Lipinski definition) is 4. The van der Waals surface area contributed by atoms with Gasteiger partial charge in [0.1, 0.15) is 11.6 Å². The molecule has 1 saturated heterocycles. The maximum atomic E-state index is 14.7. The lowest BCUT2D eigenvalue weighted by Crippen LogP contribution is -2.38. The van der Waals surface area contributed by atoms with Gasteiger partial charge in [-0.1, -0.05) is 29.8 Å². The van der Waals surface area contributed by atoms with Gasteiger partial charge in [0.15, 0.2) is 11.6 Å². The number of methoxy groups -OCH3 is 2. The Hall–Kier alpha value is -3.65. The second kappa shape index (κ2) is 11.6. The zero-order valence-electron chi connectivity index (χ0n) is 20.5. The second-order valence-corrected chi connectivity index (χ2v) is 9.21. The van der Waals surface area contributed by atoms with Crippen LogP contribution >= 0.6 is 11.6 Å². The van der Waals surface area contributed by atoms with Gasteiger partial charge in [-0.2, -0.15) is 0 Å². The van der Waals surface area contributed by atoms with E-state index >= 15 is 0 Å². The molecule has 2 amide bonds. The first-order chi connectivity index (χ1) is 17.8. The van der Waals surface area contributed by atoms with Crippen LogP contribution in [0, 0.1) is 11.6 Å². The summed E-state index contributed by atoms with van der Waals surface area (Å²) < 4.78 is 38.9. The number of carbonyl (C=O) groups excluding carboxylic acids is 2. The quantitative estimate of drug-likeness (QED) is 0.418. The monoisotopic (exact) mass is 528 g/mol. The number of ether oxygens (including phenoxy) is 2. The minimum atomic E-state index is -0.703. The lowest BCUT2D eigenvalue weighted by molar-refractivity contribution is -0.115. The second-order valence-electron chi connectivity index (χ2n) is 8.80. The van der Waals surface area contributed by atoms with Crippen LogP contribution in [0.3, 0.4) is 0 Å². The van der Waals surface area contributed by atoms with Gasteiger partial charge >= 0.3 is 0 Å². The summed E-state index contributed by atoms with van der Waals surface area (Å²) in [6.45, 7) is 0.953. The summed E-state index contributed by atoms with van der Waals surface area (Å²) in [5, 5.41) is 2.98. The van der Waals surface area contributed by atoms with Crippen LogP contribution in [-0.2, 0) is 11.2 Å². The lowest BCUT2D eigenvalue weighted by Gasteiger charge is -2.32. The standard InChI is InChI=1S/C28H27ClF2N2O4/c1-36-20-14-22(27(31)25(15-20)37-2)28(35)33-12-10-18(11-13-33)17-6-8-19(9-7-17)32-26(34)16-21-23(29)4-3-5-24(21)30/h3-9,14-15,18H,10-13,16H2,1-2H3,(H,32,34). The van der Waals surface area contributed by atoms with Crippen LogP contribution in [0.1, 0.15) is 40.2 Å². The molecule has 194 valence electrons. The molecule has 0 aromatic heterocycles. The van der Waals surface area contributed by atoms with Gasteiger partial charge in [-0.05, 0) is 54.7 Å². The first-order valence-corrected chi connectivity index (χ1v) is 12.2. The number of carbonyl (C=O) groups is 2. The van der Waals surface area contributed by atoms with Gasteiger partial charge in [-0.25, -0.2) is 8.78 Å². The highest BCUT2D eigenvalue weighted by molar-refractivity contribution is 6.31. The summed E-state index contributed by atoms with van der Waals surface area (Å²) in [5.41, 5.74) is 1.76. The van der Waals surface area contributed by atoms with E-state index in [0.29, 0.717) is 37.4 Å². The van der Waals surface area contributed by atoms with Crippen LogP contribution in [0.2, 0.25) is 5.02 Å². The van der Waals surface area contributed by atoms with Gasteiger partial charge in [0.05, 0.1) is 26.2 Å². The van der Waals surface area contributed by atoms with Crippen LogP contribution in [0.5, 0.6) is 11.5 Å². The van der Waals surface area contributed by atoms with Gasteiger partial charge < -0.3 is 19.7 Å². The molecule has 37 heavy (non-hydrogen) atoms. The molecule has 0 unspecified atom stereocenters. The predicted molar refractivity (Wildman–Crippen MR) is 138 cm³/mol. The summed E-state index contributed by atoms with van der Waals surface area (Å²) in [5.74, 6) is -1.46. The largest absolute Gasteiger partial charge is 0.497 e. The Balaban J connectivity index is 1.35. The molecule has 0 aliphatic carbocycles. The van der Waals surface area contributed by atoms with E-state index in [1.54, 1.807) is 23.1 Å². The molecule has 1 fully saturated rings. The molecule has 0 radical (unpaired) electrons. The van der Waals surface area contributed by atoms with Crippen molar-refractivity contribution in [2.75, 3.05) is 32.6 Å². The molecule has 0 bridgehead atoms.